The van der Waals surface area contributed by atoms with Crippen molar-refractivity contribution in [3.63, 3.8) is 0 Å². The van der Waals surface area contributed by atoms with Gasteiger partial charge in [0.25, 0.3) is 5.91 Å². The summed E-state index contributed by atoms with van der Waals surface area (Å²) in [6.45, 7) is 4.59. The van der Waals surface area contributed by atoms with E-state index in [1.54, 1.807) is 24.3 Å². The summed E-state index contributed by atoms with van der Waals surface area (Å²) >= 11 is 5.92. The Morgan fingerprint density at radius 3 is 2.67 bits per heavy atom. The molecule has 0 radical (unpaired) electrons. The Labute approximate surface area is 147 Å². The highest BCUT2D eigenvalue weighted by Crippen LogP contribution is 2.42. The second-order valence-electron chi connectivity index (χ2n) is 6.79. The molecule has 2 atom stereocenters. The summed E-state index contributed by atoms with van der Waals surface area (Å²) in [7, 11) is 0. The highest BCUT2D eigenvalue weighted by molar-refractivity contribution is 6.30. The van der Waals surface area contributed by atoms with Crippen LogP contribution in [0, 0.1) is 11.8 Å². The molecule has 3 amide bonds. The monoisotopic (exact) mass is 350 g/mol. The van der Waals surface area contributed by atoms with Crippen molar-refractivity contribution in [3.05, 3.63) is 29.3 Å². The molecule has 130 valence electrons. The number of imide groups is 1. The summed E-state index contributed by atoms with van der Waals surface area (Å²) in [6, 6.07) is 6.76. The minimum atomic E-state index is -0.745. The van der Waals surface area contributed by atoms with Crippen molar-refractivity contribution in [2.75, 3.05) is 13.2 Å². The van der Waals surface area contributed by atoms with Gasteiger partial charge in [0.05, 0.1) is 6.54 Å². The van der Waals surface area contributed by atoms with Crippen LogP contribution in [-0.4, -0.2) is 35.5 Å². The molecule has 6 heteroatoms. The number of hydrogen-bond acceptors (Lipinski definition) is 3. The van der Waals surface area contributed by atoms with Gasteiger partial charge in [-0.2, -0.15) is 0 Å². The van der Waals surface area contributed by atoms with Crippen molar-refractivity contribution in [3.8, 4) is 5.75 Å². The number of hydrogen-bond donors (Lipinski definition) is 1. The topological polar surface area (TPSA) is 58.6 Å². The maximum absolute atomic E-state index is 13.0. The lowest BCUT2D eigenvalue weighted by atomic mass is 9.67. The summed E-state index contributed by atoms with van der Waals surface area (Å²) in [5.74, 6) is 0.818. The van der Waals surface area contributed by atoms with Gasteiger partial charge in [-0.15, -0.1) is 0 Å². The third-order valence-corrected chi connectivity index (χ3v) is 5.60. The molecule has 1 aromatic carbocycles. The number of urea groups is 1. The number of benzene rings is 1. The predicted molar refractivity (Wildman–Crippen MR) is 92.1 cm³/mol. The molecule has 5 nitrogen and oxygen atoms in total. The molecule has 2 aliphatic rings. The average molecular weight is 351 g/mol. The van der Waals surface area contributed by atoms with Crippen molar-refractivity contribution < 1.29 is 14.3 Å². The van der Waals surface area contributed by atoms with E-state index in [0.717, 1.165) is 19.3 Å². The van der Waals surface area contributed by atoms with E-state index in [9.17, 15) is 9.59 Å². The van der Waals surface area contributed by atoms with Gasteiger partial charge in [-0.05, 0) is 42.9 Å². The van der Waals surface area contributed by atoms with Crippen LogP contribution in [0.15, 0.2) is 24.3 Å². The van der Waals surface area contributed by atoms with Gasteiger partial charge >= 0.3 is 6.03 Å². The molecule has 1 aromatic rings. The van der Waals surface area contributed by atoms with Crippen LogP contribution in [0.3, 0.4) is 0 Å². The van der Waals surface area contributed by atoms with Crippen LogP contribution in [0.25, 0.3) is 0 Å². The van der Waals surface area contributed by atoms with E-state index in [1.807, 2.05) is 0 Å². The third-order valence-electron chi connectivity index (χ3n) is 5.37. The van der Waals surface area contributed by atoms with Crippen molar-refractivity contribution in [1.29, 1.82) is 0 Å². The van der Waals surface area contributed by atoms with Gasteiger partial charge in [-0.3, -0.25) is 9.69 Å². The van der Waals surface area contributed by atoms with Gasteiger partial charge in [0.2, 0.25) is 0 Å². The number of carbonyl (C=O) groups excluding carboxylic acids is 2. The number of rotatable bonds is 4. The molecule has 24 heavy (non-hydrogen) atoms. The minimum Gasteiger partial charge on any atom is -0.492 e. The number of halogens is 1. The van der Waals surface area contributed by atoms with Gasteiger partial charge in [0, 0.05) is 5.02 Å². The molecule has 0 bridgehead atoms. The summed E-state index contributed by atoms with van der Waals surface area (Å²) in [5.41, 5.74) is -0.745. The first-order chi connectivity index (χ1) is 11.4. The lowest BCUT2D eigenvalue weighted by Crippen LogP contribution is -2.58. The van der Waals surface area contributed by atoms with E-state index < -0.39 is 5.54 Å². The lowest BCUT2D eigenvalue weighted by Gasteiger charge is -2.42. The second kappa shape index (κ2) is 6.63. The minimum absolute atomic E-state index is 0.109. The van der Waals surface area contributed by atoms with Crippen molar-refractivity contribution in [1.82, 2.24) is 10.2 Å². The van der Waals surface area contributed by atoms with Crippen molar-refractivity contribution >= 4 is 23.5 Å². The maximum Gasteiger partial charge on any atom is 0.325 e. The number of ether oxygens (including phenoxy) is 1. The van der Waals surface area contributed by atoms with Crippen LogP contribution in [0.1, 0.15) is 33.1 Å². The predicted octanol–water partition coefficient (Wildman–Crippen LogP) is 3.47. The molecule has 1 aliphatic heterocycles. The van der Waals surface area contributed by atoms with Gasteiger partial charge in [0.1, 0.15) is 17.9 Å². The number of nitrogens with one attached hydrogen (secondary N) is 1. The summed E-state index contributed by atoms with van der Waals surface area (Å²) in [5, 5.41) is 3.58. The summed E-state index contributed by atoms with van der Waals surface area (Å²) < 4.78 is 5.62. The Bertz CT molecular complexity index is 639. The molecule has 1 saturated carbocycles. The van der Waals surface area contributed by atoms with E-state index in [0.29, 0.717) is 10.8 Å². The zero-order valence-corrected chi connectivity index (χ0v) is 14.8. The van der Waals surface area contributed by atoms with E-state index in [1.165, 1.54) is 4.90 Å². The highest BCUT2D eigenvalue weighted by Gasteiger charge is 2.58. The molecule has 1 saturated heterocycles. The Hall–Kier alpha value is -1.75. The standard InChI is InChI=1S/C18H23ClN2O3/c1-12-5-3-6-13(2)18(12)16(22)21(17(23)20-18)9-10-24-15-8-4-7-14(19)11-15/h4,7-8,11-13H,3,5-6,9-10H2,1-2H3,(H,20,23). The van der Waals surface area contributed by atoms with Crippen LogP contribution in [0.5, 0.6) is 5.75 Å². The molecular weight excluding hydrogens is 328 g/mol. The second-order valence-corrected chi connectivity index (χ2v) is 7.23. The van der Waals surface area contributed by atoms with E-state index >= 15 is 0 Å². The first kappa shape index (κ1) is 17.1. The fourth-order valence-electron chi connectivity index (χ4n) is 3.97. The van der Waals surface area contributed by atoms with Crippen LogP contribution >= 0.6 is 11.6 Å². The van der Waals surface area contributed by atoms with Gasteiger partial charge in [-0.25, -0.2) is 4.79 Å². The molecule has 2 unspecified atom stereocenters. The van der Waals surface area contributed by atoms with E-state index in [4.69, 9.17) is 16.3 Å². The number of carbonyl (C=O) groups is 2. The Kier molecular flexibility index (Phi) is 4.72. The van der Waals surface area contributed by atoms with Gasteiger partial charge < -0.3 is 10.1 Å². The summed E-state index contributed by atoms with van der Waals surface area (Å²) in [6.07, 6.45) is 3.03. The zero-order chi connectivity index (χ0) is 17.3. The normalized spacial score (nSPS) is 29.9. The van der Waals surface area contributed by atoms with Crippen molar-refractivity contribution in [2.24, 2.45) is 11.8 Å². The maximum atomic E-state index is 13.0. The SMILES string of the molecule is CC1CCCC(C)C12NC(=O)N(CCOc1cccc(Cl)c1)C2=O. The third kappa shape index (κ3) is 2.86. The van der Waals surface area contributed by atoms with E-state index in [2.05, 4.69) is 19.2 Å². The zero-order valence-electron chi connectivity index (χ0n) is 14.0. The molecule has 1 N–H and O–H groups in total. The first-order valence-electron chi connectivity index (χ1n) is 8.47. The van der Waals surface area contributed by atoms with Crippen LogP contribution in [0.4, 0.5) is 4.79 Å². The van der Waals surface area contributed by atoms with Crippen LogP contribution < -0.4 is 10.1 Å². The van der Waals surface area contributed by atoms with Gasteiger partial charge in [0.15, 0.2) is 0 Å². The Balaban J connectivity index is 1.66. The lowest BCUT2D eigenvalue weighted by molar-refractivity contribution is -0.136. The quantitative estimate of drug-likeness (QED) is 0.846. The van der Waals surface area contributed by atoms with Crippen LogP contribution in [0.2, 0.25) is 5.02 Å². The smallest absolute Gasteiger partial charge is 0.325 e. The Morgan fingerprint density at radius 1 is 1.29 bits per heavy atom. The number of amides is 3. The highest BCUT2D eigenvalue weighted by atomic mass is 35.5. The molecule has 3 rings (SSSR count). The fraction of sp³-hybridized carbons (Fsp3) is 0.556. The molecule has 0 aromatic heterocycles. The summed E-state index contributed by atoms with van der Waals surface area (Å²) in [4.78, 5) is 26.6. The van der Waals surface area contributed by atoms with E-state index in [-0.39, 0.29) is 36.9 Å². The fourth-order valence-corrected chi connectivity index (χ4v) is 4.15. The molecule has 1 spiro atoms. The van der Waals surface area contributed by atoms with Crippen LogP contribution in [-0.2, 0) is 4.79 Å². The molecule has 2 fully saturated rings. The first-order valence-corrected chi connectivity index (χ1v) is 8.85. The van der Waals surface area contributed by atoms with Crippen molar-refractivity contribution in [2.45, 2.75) is 38.6 Å². The molecule has 1 aliphatic carbocycles. The average Bonchev–Trinajstić information content (AvgIpc) is 2.78. The largest absolute Gasteiger partial charge is 0.492 e. The molecular formula is C18H23ClN2O3. The Morgan fingerprint density at radius 2 is 2.00 bits per heavy atom. The number of nitrogens with zero attached hydrogens (tertiary/aromatic N) is 1. The van der Waals surface area contributed by atoms with Gasteiger partial charge in [-0.1, -0.05) is 37.9 Å². The molecule has 1 heterocycles.